The highest BCUT2D eigenvalue weighted by Gasteiger charge is 2.22. The smallest absolute Gasteiger partial charge is 0.191 e. The van der Waals surface area contributed by atoms with Crippen LogP contribution >= 0.6 is 0 Å². The predicted octanol–water partition coefficient (Wildman–Crippen LogP) is 13.0. The Morgan fingerprint density at radius 3 is 2.04 bits per heavy atom. The average Bonchev–Trinajstić information content (AvgIpc) is 3.75. The lowest BCUT2D eigenvalue weighted by atomic mass is 9.93. The molecule has 0 saturated carbocycles. The maximum absolute atomic E-state index is 5.00. The quantitative estimate of drug-likeness (QED) is 0.149. The van der Waals surface area contributed by atoms with Crippen molar-refractivity contribution in [3.63, 3.8) is 0 Å². The van der Waals surface area contributed by atoms with E-state index in [0.29, 0.717) is 12.0 Å². The summed E-state index contributed by atoms with van der Waals surface area (Å²) in [6.45, 7) is 8.98. The van der Waals surface area contributed by atoms with Crippen LogP contribution in [0.3, 0.4) is 0 Å². The van der Waals surface area contributed by atoms with E-state index in [1.165, 1.54) is 38.5 Å². The molecule has 0 radical (unpaired) electrons. The van der Waals surface area contributed by atoms with Gasteiger partial charge < -0.3 is 4.90 Å². The van der Waals surface area contributed by atoms with Gasteiger partial charge in [0.05, 0.1) is 22.8 Å². The predicted molar refractivity (Wildman–Crippen MR) is 222 cm³/mol. The van der Waals surface area contributed by atoms with Gasteiger partial charge in [-0.25, -0.2) is 9.55 Å². The molecule has 0 aliphatic carbocycles. The first-order valence-electron chi connectivity index (χ1n) is 18.5. The summed E-state index contributed by atoms with van der Waals surface area (Å²) in [4.78, 5) is 7.36. The fourth-order valence-corrected chi connectivity index (χ4v) is 7.87. The Morgan fingerprint density at radius 2 is 1.23 bits per heavy atom. The van der Waals surface area contributed by atoms with Crippen molar-refractivity contribution in [2.45, 2.75) is 39.7 Å². The van der Waals surface area contributed by atoms with E-state index in [9.17, 15) is 0 Å². The number of benzene rings is 6. The zero-order chi connectivity index (χ0) is 36.1. The Kier molecular flexibility index (Phi) is 8.12. The maximum atomic E-state index is 5.00. The van der Waals surface area contributed by atoms with Crippen molar-refractivity contribution in [3.8, 4) is 22.6 Å². The van der Waals surface area contributed by atoms with Gasteiger partial charge in [0.15, 0.2) is 17.4 Å². The minimum absolute atomic E-state index is 0.337. The lowest BCUT2D eigenvalue weighted by molar-refractivity contribution is 0.612. The maximum Gasteiger partial charge on any atom is 0.191 e. The molecule has 0 unspecified atom stereocenters. The molecule has 3 aromatic heterocycles. The minimum Gasteiger partial charge on any atom is -0.309 e. The number of nitrogens with zero attached hydrogens (tertiary/aromatic N) is 5. The number of anilines is 3. The van der Waals surface area contributed by atoms with Crippen LogP contribution in [0.2, 0.25) is 0 Å². The number of rotatable bonds is 8. The zero-order valence-electron chi connectivity index (χ0n) is 30.6. The van der Waals surface area contributed by atoms with E-state index in [-0.39, 0.29) is 0 Å². The van der Waals surface area contributed by atoms with Gasteiger partial charge >= 0.3 is 0 Å². The Hall–Kier alpha value is -6.46. The summed E-state index contributed by atoms with van der Waals surface area (Å²) in [7, 11) is 0. The molecule has 5 nitrogen and oxygen atoms in total. The minimum atomic E-state index is 0.337. The molecule has 0 amide bonds. The molecule has 0 bridgehead atoms. The highest BCUT2D eigenvalue weighted by atomic mass is 15.2. The van der Waals surface area contributed by atoms with Gasteiger partial charge in [-0.05, 0) is 103 Å². The first-order chi connectivity index (χ1) is 26.0. The van der Waals surface area contributed by atoms with E-state index in [0.717, 1.165) is 39.6 Å². The number of fused-ring (bicyclic) bond motifs is 4. The number of pyridine rings is 1. The van der Waals surface area contributed by atoms with Crippen molar-refractivity contribution < 1.29 is 0 Å². The van der Waals surface area contributed by atoms with Gasteiger partial charge in [0.1, 0.15) is 11.5 Å². The van der Waals surface area contributed by atoms with Crippen molar-refractivity contribution in [2.75, 3.05) is 4.90 Å². The van der Waals surface area contributed by atoms with Crippen LogP contribution in [0.25, 0.3) is 55.5 Å². The fraction of sp³-hybridized carbons (Fsp3) is 0.125. The fourth-order valence-electron chi connectivity index (χ4n) is 7.87. The van der Waals surface area contributed by atoms with Gasteiger partial charge in [0.2, 0.25) is 0 Å². The number of para-hydroxylation sites is 4. The number of aromatic nitrogens is 4. The Balaban J connectivity index is 1.23. The largest absolute Gasteiger partial charge is 0.309 e. The van der Waals surface area contributed by atoms with E-state index in [1.807, 2.05) is 6.20 Å². The first kappa shape index (κ1) is 32.4. The van der Waals surface area contributed by atoms with Crippen molar-refractivity contribution in [1.29, 1.82) is 0 Å². The van der Waals surface area contributed by atoms with Crippen LogP contribution in [0.5, 0.6) is 0 Å². The summed E-state index contributed by atoms with van der Waals surface area (Å²) in [6.07, 6.45) is 4.18. The second kappa shape index (κ2) is 13.3. The van der Waals surface area contributed by atoms with Gasteiger partial charge in [0, 0.05) is 52.6 Å². The average molecular weight is 689 g/mol. The lowest BCUT2D eigenvalue weighted by Crippen LogP contribution is -2.10. The number of hydrogen-bond acceptors (Lipinski definition) is 2. The second-order valence-corrected chi connectivity index (χ2v) is 14.4. The summed E-state index contributed by atoms with van der Waals surface area (Å²) in [5.74, 6) is 1.31. The van der Waals surface area contributed by atoms with Gasteiger partial charge in [-0.2, -0.15) is 4.57 Å². The molecule has 0 aliphatic heterocycles. The zero-order valence-corrected chi connectivity index (χ0v) is 30.6. The van der Waals surface area contributed by atoms with E-state index >= 15 is 0 Å². The molecule has 3 heterocycles. The molecule has 0 atom stereocenters. The molecular formula is C48H42N5+. The SMILES string of the molecule is CC(C)c1ccccc1-c1ccnc(-n2c3ccccc3c3ccc(N(c4ccccc4)c4cccc(-n5[cH+]n(C(C)C)c6ccccc65)c4)cc32)c1. The Morgan fingerprint density at radius 1 is 0.547 bits per heavy atom. The first-order valence-corrected chi connectivity index (χ1v) is 18.5. The number of imidazole rings is 1. The molecule has 258 valence electrons. The van der Waals surface area contributed by atoms with Gasteiger partial charge in [-0.15, -0.1) is 0 Å². The van der Waals surface area contributed by atoms with Crippen molar-refractivity contribution in [3.05, 3.63) is 176 Å². The van der Waals surface area contributed by atoms with Gasteiger partial charge in [0.25, 0.3) is 0 Å². The highest BCUT2D eigenvalue weighted by molar-refractivity contribution is 6.10. The molecule has 0 aliphatic rings. The van der Waals surface area contributed by atoms with Crippen molar-refractivity contribution in [2.24, 2.45) is 0 Å². The molecule has 5 heteroatoms. The van der Waals surface area contributed by atoms with E-state index < -0.39 is 0 Å². The summed E-state index contributed by atoms with van der Waals surface area (Å²) in [6, 6.07) is 57.1. The number of hydrogen-bond donors (Lipinski definition) is 0. The Bertz CT molecular complexity index is 2750. The summed E-state index contributed by atoms with van der Waals surface area (Å²) in [5.41, 5.74) is 12.7. The Labute approximate surface area is 310 Å². The monoisotopic (exact) mass is 688 g/mol. The lowest BCUT2D eigenvalue weighted by Gasteiger charge is -2.25. The van der Waals surface area contributed by atoms with E-state index in [1.54, 1.807) is 0 Å². The normalized spacial score (nSPS) is 11.7. The third kappa shape index (κ3) is 5.66. The topological polar surface area (TPSA) is 30.9 Å². The van der Waals surface area contributed by atoms with Crippen LogP contribution < -0.4 is 4.90 Å². The van der Waals surface area contributed by atoms with Crippen LogP contribution in [-0.2, 0) is 0 Å². The van der Waals surface area contributed by atoms with E-state index in [2.05, 4.69) is 210 Å². The van der Waals surface area contributed by atoms with Crippen molar-refractivity contribution >= 4 is 49.9 Å². The second-order valence-electron chi connectivity index (χ2n) is 14.4. The van der Waals surface area contributed by atoms with Crippen LogP contribution in [-0.4, -0.2) is 18.7 Å². The standard InChI is InChI=1S/C48H42N5/c1-33(2)40-19-8-9-20-41(40)35-27-28-49-48(29-35)53-44-22-11-10-21-42(44)43-26-25-39(31-47(43)53)52(36-15-6-5-7-16-36)38-18-14-17-37(30-38)51-32-50(34(3)4)45-23-12-13-24-46(45)51/h5-34H,1-4H3/q+1. The van der Waals surface area contributed by atoms with Crippen molar-refractivity contribution in [1.82, 2.24) is 18.7 Å². The molecule has 9 aromatic rings. The van der Waals surface area contributed by atoms with Crippen LogP contribution in [0, 0.1) is 0 Å². The molecule has 0 N–H and O–H groups in total. The van der Waals surface area contributed by atoms with Crippen LogP contribution in [0.15, 0.2) is 170 Å². The molecule has 0 saturated heterocycles. The molecular weight excluding hydrogens is 647 g/mol. The summed E-state index contributed by atoms with van der Waals surface area (Å²) >= 11 is 0. The molecule has 0 fully saturated rings. The third-order valence-corrected chi connectivity index (χ3v) is 10.4. The van der Waals surface area contributed by atoms with Crippen LogP contribution in [0.4, 0.5) is 17.1 Å². The molecule has 0 spiro atoms. The molecule has 9 rings (SSSR count). The van der Waals surface area contributed by atoms with E-state index in [4.69, 9.17) is 4.98 Å². The highest BCUT2D eigenvalue weighted by Crippen LogP contribution is 2.40. The van der Waals surface area contributed by atoms with Gasteiger partial charge in [-0.3, -0.25) is 4.57 Å². The third-order valence-electron chi connectivity index (χ3n) is 10.4. The van der Waals surface area contributed by atoms with Crippen LogP contribution in [0.1, 0.15) is 45.2 Å². The molecule has 6 aromatic carbocycles. The van der Waals surface area contributed by atoms with Gasteiger partial charge in [-0.1, -0.05) is 80.6 Å². The summed E-state index contributed by atoms with van der Waals surface area (Å²) in [5, 5.41) is 2.40. The summed E-state index contributed by atoms with van der Waals surface area (Å²) < 4.78 is 6.97. The molecule has 53 heavy (non-hydrogen) atoms.